The van der Waals surface area contributed by atoms with Gasteiger partial charge in [0, 0.05) is 38.5 Å². The monoisotopic (exact) mass is 579 g/mol. The molecule has 0 saturated heterocycles. The summed E-state index contributed by atoms with van der Waals surface area (Å²) in [6, 6.07) is 50.1. The van der Waals surface area contributed by atoms with Crippen LogP contribution in [0.3, 0.4) is 0 Å². The first-order valence-corrected chi connectivity index (χ1v) is 18.2. The van der Waals surface area contributed by atoms with Crippen LogP contribution in [0.15, 0.2) is 140 Å². The predicted octanol–water partition coefficient (Wildman–Crippen LogP) is 8.86. The zero-order chi connectivity index (χ0) is 29.4. The molecule has 0 unspecified atom stereocenters. The largest absolute Gasteiger partial charge is 0.309 e. The average Bonchev–Trinajstić information content (AvgIpc) is 3.52. The molecule has 0 fully saturated rings. The molecule has 3 nitrogen and oxygen atoms in total. The molecule has 1 aliphatic rings. The standard InChI is InChI=1S/C40H29N3Si/c1-44(2)36-25-28-16-10-9-15-27(28)23-33(36)37-38(41-39(42-40(37)44)26-13-5-3-6-14-26)29-21-22-35-32(24-29)31-19-11-12-20-34(31)43(35)30-17-7-4-8-18-30/h3-25H,1-2H3. The minimum Gasteiger partial charge on any atom is -0.309 e. The fourth-order valence-corrected chi connectivity index (χ4v) is 10.1. The molecule has 208 valence electrons. The van der Waals surface area contributed by atoms with Gasteiger partial charge in [-0.25, -0.2) is 9.97 Å². The first-order valence-electron chi connectivity index (χ1n) is 15.2. The van der Waals surface area contributed by atoms with Crippen molar-refractivity contribution in [3.8, 4) is 39.5 Å². The van der Waals surface area contributed by atoms with E-state index in [4.69, 9.17) is 9.97 Å². The maximum atomic E-state index is 5.39. The number of hydrogen-bond donors (Lipinski definition) is 0. The summed E-state index contributed by atoms with van der Waals surface area (Å²) in [4.78, 5) is 10.8. The summed E-state index contributed by atoms with van der Waals surface area (Å²) >= 11 is 0. The first kappa shape index (κ1) is 25.2. The van der Waals surface area contributed by atoms with Gasteiger partial charge in [0.25, 0.3) is 0 Å². The molecule has 0 bridgehead atoms. The van der Waals surface area contributed by atoms with E-state index in [1.165, 1.54) is 54.2 Å². The number of fused-ring (bicyclic) bond motifs is 7. The Kier molecular flexibility index (Phi) is 5.35. The van der Waals surface area contributed by atoms with Crippen LogP contribution in [0.25, 0.3) is 72.0 Å². The summed E-state index contributed by atoms with van der Waals surface area (Å²) in [6.07, 6.45) is 0. The van der Waals surface area contributed by atoms with Gasteiger partial charge >= 0.3 is 0 Å². The molecule has 44 heavy (non-hydrogen) atoms. The third-order valence-electron chi connectivity index (χ3n) is 9.32. The lowest BCUT2D eigenvalue weighted by Crippen LogP contribution is -2.51. The van der Waals surface area contributed by atoms with Crippen LogP contribution in [0.1, 0.15) is 0 Å². The van der Waals surface area contributed by atoms with Crippen molar-refractivity contribution in [3.63, 3.8) is 0 Å². The molecular formula is C40H29N3Si. The maximum absolute atomic E-state index is 5.39. The molecule has 1 aliphatic heterocycles. The van der Waals surface area contributed by atoms with Crippen LogP contribution in [0.5, 0.6) is 0 Å². The highest BCUT2D eigenvalue weighted by Crippen LogP contribution is 2.40. The van der Waals surface area contributed by atoms with Gasteiger partial charge in [-0.2, -0.15) is 0 Å². The molecule has 0 aliphatic carbocycles. The first-order chi connectivity index (χ1) is 21.6. The van der Waals surface area contributed by atoms with Crippen molar-refractivity contribution in [1.82, 2.24) is 14.5 Å². The molecule has 2 aromatic heterocycles. The van der Waals surface area contributed by atoms with E-state index >= 15 is 0 Å². The topological polar surface area (TPSA) is 30.7 Å². The van der Waals surface area contributed by atoms with Crippen molar-refractivity contribution in [1.29, 1.82) is 0 Å². The molecule has 0 saturated carbocycles. The van der Waals surface area contributed by atoms with E-state index in [9.17, 15) is 0 Å². The molecule has 0 spiro atoms. The van der Waals surface area contributed by atoms with Crippen molar-refractivity contribution in [3.05, 3.63) is 140 Å². The van der Waals surface area contributed by atoms with E-state index in [2.05, 4.69) is 151 Å². The molecule has 0 N–H and O–H groups in total. The van der Waals surface area contributed by atoms with Gasteiger partial charge < -0.3 is 4.57 Å². The van der Waals surface area contributed by atoms with E-state index in [-0.39, 0.29) is 0 Å². The van der Waals surface area contributed by atoms with Crippen LogP contribution in [-0.2, 0) is 0 Å². The van der Waals surface area contributed by atoms with Crippen molar-refractivity contribution in [2.24, 2.45) is 0 Å². The summed E-state index contributed by atoms with van der Waals surface area (Å²) in [5.74, 6) is 0.795. The van der Waals surface area contributed by atoms with Crippen LogP contribution in [0.2, 0.25) is 13.1 Å². The minimum absolute atomic E-state index is 0.795. The Balaban J connectivity index is 1.36. The molecule has 8 aromatic rings. The number of aromatic nitrogens is 3. The molecule has 6 aromatic carbocycles. The molecule has 0 atom stereocenters. The lowest BCUT2D eigenvalue weighted by molar-refractivity contribution is 1.18. The Bertz CT molecular complexity index is 2410. The summed E-state index contributed by atoms with van der Waals surface area (Å²) in [5, 5.41) is 7.66. The van der Waals surface area contributed by atoms with Gasteiger partial charge in [-0.1, -0.05) is 116 Å². The maximum Gasteiger partial charge on any atom is 0.159 e. The van der Waals surface area contributed by atoms with E-state index in [0.29, 0.717) is 0 Å². The number of rotatable bonds is 3. The Morgan fingerprint density at radius 1 is 0.545 bits per heavy atom. The van der Waals surface area contributed by atoms with Gasteiger partial charge in [-0.05, 0) is 57.9 Å². The van der Waals surface area contributed by atoms with Crippen LogP contribution >= 0.6 is 0 Å². The number of nitrogens with zero attached hydrogens (tertiary/aromatic N) is 3. The Labute approximate surface area is 257 Å². The van der Waals surface area contributed by atoms with Crippen molar-refractivity contribution >= 4 is 51.2 Å². The van der Waals surface area contributed by atoms with Crippen LogP contribution < -0.4 is 10.5 Å². The van der Waals surface area contributed by atoms with Crippen LogP contribution in [0.4, 0.5) is 0 Å². The Morgan fingerprint density at radius 2 is 1.20 bits per heavy atom. The number of hydrogen-bond acceptors (Lipinski definition) is 2. The summed E-state index contributed by atoms with van der Waals surface area (Å²) in [6.45, 7) is 4.88. The van der Waals surface area contributed by atoms with Crippen molar-refractivity contribution in [2.75, 3.05) is 0 Å². The lowest BCUT2D eigenvalue weighted by Gasteiger charge is -2.19. The van der Waals surface area contributed by atoms with E-state index in [0.717, 1.165) is 28.3 Å². The highest BCUT2D eigenvalue weighted by Gasteiger charge is 2.42. The fourth-order valence-electron chi connectivity index (χ4n) is 7.16. The normalized spacial score (nSPS) is 13.4. The predicted molar refractivity (Wildman–Crippen MR) is 187 cm³/mol. The highest BCUT2D eigenvalue weighted by atomic mass is 28.3. The molecular weight excluding hydrogens is 551 g/mol. The van der Waals surface area contributed by atoms with Crippen LogP contribution in [0, 0.1) is 0 Å². The summed E-state index contributed by atoms with van der Waals surface area (Å²) < 4.78 is 2.37. The van der Waals surface area contributed by atoms with Crippen LogP contribution in [-0.4, -0.2) is 22.6 Å². The molecule has 3 heterocycles. The average molecular weight is 580 g/mol. The lowest BCUT2D eigenvalue weighted by atomic mass is 9.97. The Morgan fingerprint density at radius 3 is 2.00 bits per heavy atom. The van der Waals surface area contributed by atoms with Crippen molar-refractivity contribution in [2.45, 2.75) is 13.1 Å². The third-order valence-corrected chi connectivity index (χ3v) is 12.6. The van der Waals surface area contributed by atoms with Gasteiger partial charge in [0.05, 0.1) is 16.7 Å². The van der Waals surface area contributed by atoms with E-state index in [1.54, 1.807) is 0 Å². The minimum atomic E-state index is -2.12. The number of benzene rings is 6. The van der Waals surface area contributed by atoms with Gasteiger partial charge in [0.15, 0.2) is 5.82 Å². The van der Waals surface area contributed by atoms with Gasteiger partial charge in [0.2, 0.25) is 0 Å². The van der Waals surface area contributed by atoms with Gasteiger partial charge in [-0.15, -0.1) is 0 Å². The van der Waals surface area contributed by atoms with E-state index in [1.807, 2.05) is 6.07 Å². The van der Waals surface area contributed by atoms with Gasteiger partial charge in [0.1, 0.15) is 8.07 Å². The molecule has 0 radical (unpaired) electrons. The van der Waals surface area contributed by atoms with Crippen molar-refractivity contribution < 1.29 is 0 Å². The second kappa shape index (κ2) is 9.34. The molecule has 9 rings (SSSR count). The zero-order valence-electron chi connectivity index (χ0n) is 24.6. The fraction of sp³-hybridized carbons (Fsp3) is 0.0500. The zero-order valence-corrected chi connectivity index (χ0v) is 25.6. The van der Waals surface area contributed by atoms with E-state index < -0.39 is 8.07 Å². The molecule has 4 heteroatoms. The summed E-state index contributed by atoms with van der Waals surface area (Å²) in [5.41, 5.74) is 9.23. The third kappa shape index (κ3) is 3.61. The Hall–Kier alpha value is -5.32. The quantitative estimate of drug-likeness (QED) is 0.196. The number of para-hydroxylation sites is 2. The molecule has 0 amide bonds. The van der Waals surface area contributed by atoms with Gasteiger partial charge in [-0.3, -0.25) is 0 Å². The summed E-state index contributed by atoms with van der Waals surface area (Å²) in [7, 11) is -2.12. The smallest absolute Gasteiger partial charge is 0.159 e. The highest BCUT2D eigenvalue weighted by molar-refractivity contribution is 7.03. The second-order valence-corrected chi connectivity index (χ2v) is 16.5. The SMILES string of the molecule is C[Si]1(C)c2cc3ccccc3cc2-c2c(-c3ccc4c(c3)c3ccccc3n4-c3ccccc3)nc(-c3ccccc3)nc21. The second-order valence-electron chi connectivity index (χ2n) is 12.3.